The van der Waals surface area contributed by atoms with Gasteiger partial charge in [0.25, 0.3) is 0 Å². The molecule has 1 aliphatic rings. The molecule has 1 aromatic rings. The lowest BCUT2D eigenvalue weighted by atomic mass is 10.2. The minimum Gasteiger partial charge on any atom is -0.372 e. The molecule has 1 saturated heterocycles. The standard InChI is InChI=1S/C11H13F2NO.ClH/c12-10-2-1-3-11(13)9(10)7-15-8-4-5-14-6-8;/h1-3,8,14H,4-7H2;1H. The van der Waals surface area contributed by atoms with Gasteiger partial charge in [0.2, 0.25) is 0 Å². The Morgan fingerprint density at radius 3 is 2.56 bits per heavy atom. The van der Waals surface area contributed by atoms with E-state index < -0.39 is 11.6 Å². The van der Waals surface area contributed by atoms with Crippen molar-refractivity contribution in [1.82, 2.24) is 5.32 Å². The van der Waals surface area contributed by atoms with Crippen LogP contribution in [-0.4, -0.2) is 19.2 Å². The average molecular weight is 250 g/mol. The van der Waals surface area contributed by atoms with Crippen LogP contribution in [0.25, 0.3) is 0 Å². The number of ether oxygens (including phenoxy) is 1. The molecule has 1 N–H and O–H groups in total. The predicted octanol–water partition coefficient (Wildman–Crippen LogP) is 2.27. The highest BCUT2D eigenvalue weighted by molar-refractivity contribution is 5.85. The smallest absolute Gasteiger partial charge is 0.131 e. The van der Waals surface area contributed by atoms with Crippen LogP contribution in [0.1, 0.15) is 12.0 Å². The monoisotopic (exact) mass is 249 g/mol. The van der Waals surface area contributed by atoms with Gasteiger partial charge < -0.3 is 10.1 Å². The van der Waals surface area contributed by atoms with Crippen molar-refractivity contribution in [2.24, 2.45) is 0 Å². The van der Waals surface area contributed by atoms with Gasteiger partial charge in [0.15, 0.2) is 0 Å². The Bertz CT molecular complexity index is 323. The summed E-state index contributed by atoms with van der Waals surface area (Å²) < 4.78 is 31.8. The molecule has 0 saturated carbocycles. The molecule has 2 rings (SSSR count). The van der Waals surface area contributed by atoms with Crippen LogP contribution in [0.5, 0.6) is 0 Å². The molecule has 1 fully saturated rings. The van der Waals surface area contributed by atoms with E-state index in [0.29, 0.717) is 0 Å². The third-order valence-corrected chi connectivity index (χ3v) is 2.54. The number of rotatable bonds is 3. The Labute approximate surface area is 99.4 Å². The number of nitrogens with one attached hydrogen (secondary N) is 1. The molecule has 0 aliphatic carbocycles. The molecule has 1 heterocycles. The van der Waals surface area contributed by atoms with E-state index >= 15 is 0 Å². The highest BCUT2D eigenvalue weighted by Crippen LogP contribution is 2.15. The van der Waals surface area contributed by atoms with Gasteiger partial charge >= 0.3 is 0 Å². The molecule has 0 amide bonds. The van der Waals surface area contributed by atoms with Gasteiger partial charge in [0, 0.05) is 12.1 Å². The van der Waals surface area contributed by atoms with E-state index in [1.54, 1.807) is 0 Å². The first-order chi connectivity index (χ1) is 7.27. The third kappa shape index (κ3) is 3.14. The molecule has 1 atom stereocenters. The zero-order valence-electron chi connectivity index (χ0n) is 8.71. The summed E-state index contributed by atoms with van der Waals surface area (Å²) in [5, 5.41) is 3.13. The van der Waals surface area contributed by atoms with E-state index in [1.165, 1.54) is 18.2 Å². The Morgan fingerprint density at radius 2 is 2.00 bits per heavy atom. The van der Waals surface area contributed by atoms with Crippen LogP contribution < -0.4 is 5.32 Å². The van der Waals surface area contributed by atoms with Crippen LogP contribution in [0.4, 0.5) is 8.78 Å². The van der Waals surface area contributed by atoms with Crippen molar-refractivity contribution in [1.29, 1.82) is 0 Å². The van der Waals surface area contributed by atoms with Gasteiger partial charge in [-0.3, -0.25) is 0 Å². The van der Waals surface area contributed by atoms with E-state index in [1.807, 2.05) is 0 Å². The second kappa shape index (κ2) is 6.13. The summed E-state index contributed by atoms with van der Waals surface area (Å²) in [7, 11) is 0. The summed E-state index contributed by atoms with van der Waals surface area (Å²) in [5.41, 5.74) is 0.0180. The summed E-state index contributed by atoms with van der Waals surface area (Å²) >= 11 is 0. The maximum absolute atomic E-state index is 13.2. The first-order valence-corrected chi connectivity index (χ1v) is 5.02. The zero-order valence-corrected chi connectivity index (χ0v) is 9.53. The molecule has 0 aromatic heterocycles. The van der Waals surface area contributed by atoms with Crippen molar-refractivity contribution in [3.63, 3.8) is 0 Å². The minimum atomic E-state index is -0.541. The molecule has 5 heteroatoms. The topological polar surface area (TPSA) is 21.3 Å². The Morgan fingerprint density at radius 1 is 1.31 bits per heavy atom. The summed E-state index contributed by atoms with van der Waals surface area (Å²) in [4.78, 5) is 0. The van der Waals surface area contributed by atoms with Crippen molar-refractivity contribution >= 4 is 12.4 Å². The predicted molar refractivity (Wildman–Crippen MR) is 59.7 cm³/mol. The van der Waals surface area contributed by atoms with Crippen LogP contribution in [0.15, 0.2) is 18.2 Å². The van der Waals surface area contributed by atoms with E-state index in [9.17, 15) is 8.78 Å². The molecular formula is C11H14ClF2NO. The molecule has 0 radical (unpaired) electrons. The normalized spacial score (nSPS) is 19.5. The van der Waals surface area contributed by atoms with Gasteiger partial charge in [0.1, 0.15) is 11.6 Å². The SMILES string of the molecule is Cl.Fc1cccc(F)c1COC1CCNC1. The van der Waals surface area contributed by atoms with Gasteiger partial charge in [-0.05, 0) is 25.1 Å². The van der Waals surface area contributed by atoms with Crippen LogP contribution in [0.2, 0.25) is 0 Å². The molecule has 1 aromatic carbocycles. The van der Waals surface area contributed by atoms with Crippen LogP contribution in [0, 0.1) is 11.6 Å². The first kappa shape index (κ1) is 13.4. The van der Waals surface area contributed by atoms with Crippen LogP contribution in [-0.2, 0) is 11.3 Å². The molecule has 90 valence electrons. The Kier molecular flexibility index (Phi) is 5.12. The molecule has 0 spiro atoms. The second-order valence-corrected chi connectivity index (χ2v) is 3.63. The second-order valence-electron chi connectivity index (χ2n) is 3.63. The van der Waals surface area contributed by atoms with Crippen molar-refractivity contribution in [2.45, 2.75) is 19.1 Å². The molecule has 16 heavy (non-hydrogen) atoms. The maximum atomic E-state index is 13.2. The summed E-state index contributed by atoms with van der Waals surface area (Å²) in [6, 6.07) is 3.84. The molecule has 2 nitrogen and oxygen atoms in total. The largest absolute Gasteiger partial charge is 0.372 e. The van der Waals surface area contributed by atoms with Gasteiger partial charge in [0.05, 0.1) is 12.7 Å². The summed E-state index contributed by atoms with van der Waals surface area (Å²) in [6.45, 7) is 1.67. The van der Waals surface area contributed by atoms with Crippen molar-refractivity contribution < 1.29 is 13.5 Å². The fraction of sp³-hybridized carbons (Fsp3) is 0.455. The number of hydrogen-bond donors (Lipinski definition) is 1. The van der Waals surface area contributed by atoms with E-state index in [-0.39, 0.29) is 30.7 Å². The number of benzene rings is 1. The van der Waals surface area contributed by atoms with Crippen LogP contribution >= 0.6 is 12.4 Å². The van der Waals surface area contributed by atoms with Crippen LogP contribution in [0.3, 0.4) is 0 Å². The minimum absolute atomic E-state index is 0. The first-order valence-electron chi connectivity index (χ1n) is 5.02. The highest BCUT2D eigenvalue weighted by Gasteiger charge is 2.16. The van der Waals surface area contributed by atoms with E-state index in [2.05, 4.69) is 5.32 Å². The van der Waals surface area contributed by atoms with Gasteiger partial charge in [-0.1, -0.05) is 6.07 Å². The average Bonchev–Trinajstić information content (AvgIpc) is 2.70. The fourth-order valence-corrected chi connectivity index (χ4v) is 1.64. The van der Waals surface area contributed by atoms with Crippen molar-refractivity contribution in [3.05, 3.63) is 35.4 Å². The van der Waals surface area contributed by atoms with E-state index in [0.717, 1.165) is 19.5 Å². The molecule has 1 unspecified atom stereocenters. The van der Waals surface area contributed by atoms with Gasteiger partial charge in [-0.2, -0.15) is 0 Å². The molecule has 0 bridgehead atoms. The van der Waals surface area contributed by atoms with E-state index in [4.69, 9.17) is 4.74 Å². The molecule has 1 aliphatic heterocycles. The lowest BCUT2D eigenvalue weighted by Crippen LogP contribution is -2.17. The number of hydrogen-bond acceptors (Lipinski definition) is 2. The Balaban J connectivity index is 0.00000128. The molecular weight excluding hydrogens is 236 g/mol. The third-order valence-electron chi connectivity index (χ3n) is 2.54. The zero-order chi connectivity index (χ0) is 10.7. The lowest BCUT2D eigenvalue weighted by molar-refractivity contribution is 0.0507. The summed E-state index contributed by atoms with van der Waals surface area (Å²) in [5.74, 6) is -1.08. The Hall–Kier alpha value is -0.710. The van der Waals surface area contributed by atoms with Gasteiger partial charge in [-0.25, -0.2) is 8.78 Å². The highest BCUT2D eigenvalue weighted by atomic mass is 35.5. The fourth-order valence-electron chi connectivity index (χ4n) is 1.64. The lowest BCUT2D eigenvalue weighted by Gasteiger charge is -2.11. The van der Waals surface area contributed by atoms with Gasteiger partial charge in [-0.15, -0.1) is 12.4 Å². The van der Waals surface area contributed by atoms with Crippen molar-refractivity contribution in [3.8, 4) is 0 Å². The summed E-state index contributed by atoms with van der Waals surface area (Å²) in [6.07, 6.45) is 0.972. The quantitative estimate of drug-likeness (QED) is 0.887. The maximum Gasteiger partial charge on any atom is 0.131 e. The van der Waals surface area contributed by atoms with Crippen molar-refractivity contribution in [2.75, 3.05) is 13.1 Å². The number of halogens is 3.